The van der Waals surface area contributed by atoms with Crippen LogP contribution in [0.5, 0.6) is 5.75 Å². The van der Waals surface area contributed by atoms with Gasteiger partial charge in [0.15, 0.2) is 0 Å². The summed E-state index contributed by atoms with van der Waals surface area (Å²) >= 11 is 0. The smallest absolute Gasteiger partial charge is 0.228 e. The average molecular weight is 351 g/mol. The Hall–Kier alpha value is -3.09. The number of benzene rings is 1. The topological polar surface area (TPSA) is 74.0 Å². The Labute approximate surface area is 151 Å². The molecule has 0 bridgehead atoms. The molecule has 7 heteroatoms. The molecule has 1 aliphatic carbocycles. The number of hydrogen-bond acceptors (Lipinski definition) is 4. The molecule has 4 rings (SSSR count). The molecule has 1 aliphatic rings. The molecule has 1 fully saturated rings. The molecule has 1 aromatic carbocycles. The quantitative estimate of drug-likeness (QED) is 0.709. The van der Waals surface area contributed by atoms with E-state index in [1.165, 1.54) is 0 Å². The van der Waals surface area contributed by atoms with E-state index in [-0.39, 0.29) is 17.7 Å². The van der Waals surface area contributed by atoms with Crippen LogP contribution in [-0.4, -0.2) is 32.1 Å². The SMILES string of the molecule is Cn1cc(C2CC2C(=O)Nc2cccc(OCCn3cccn3)c2)cn1. The Balaban J connectivity index is 1.30. The lowest BCUT2D eigenvalue weighted by Gasteiger charge is -2.09. The maximum Gasteiger partial charge on any atom is 0.228 e. The van der Waals surface area contributed by atoms with Crippen LogP contribution in [0.1, 0.15) is 17.9 Å². The summed E-state index contributed by atoms with van der Waals surface area (Å²) in [4.78, 5) is 12.5. The van der Waals surface area contributed by atoms with Gasteiger partial charge in [0.2, 0.25) is 5.91 Å². The van der Waals surface area contributed by atoms with Gasteiger partial charge in [-0.25, -0.2) is 0 Å². The van der Waals surface area contributed by atoms with E-state index >= 15 is 0 Å². The number of amides is 1. The molecule has 26 heavy (non-hydrogen) atoms. The average Bonchev–Trinajstić information content (AvgIpc) is 3.03. The molecule has 0 spiro atoms. The molecule has 134 valence electrons. The molecule has 1 N–H and O–H groups in total. The summed E-state index contributed by atoms with van der Waals surface area (Å²) in [5.41, 5.74) is 1.88. The number of nitrogens with one attached hydrogen (secondary N) is 1. The minimum absolute atomic E-state index is 0.0172. The Morgan fingerprint density at radius 1 is 1.35 bits per heavy atom. The maximum atomic E-state index is 12.5. The fraction of sp³-hybridized carbons (Fsp3) is 0.316. The molecular formula is C19H21N5O2. The normalized spacial score (nSPS) is 18.5. The number of ether oxygens (including phenoxy) is 1. The van der Waals surface area contributed by atoms with E-state index in [9.17, 15) is 4.79 Å². The van der Waals surface area contributed by atoms with E-state index < -0.39 is 0 Å². The van der Waals surface area contributed by atoms with Gasteiger partial charge in [-0.3, -0.25) is 14.2 Å². The maximum absolute atomic E-state index is 12.5. The number of anilines is 1. The number of aryl methyl sites for hydroxylation is 1. The van der Waals surface area contributed by atoms with Crippen molar-refractivity contribution in [2.24, 2.45) is 13.0 Å². The van der Waals surface area contributed by atoms with Gasteiger partial charge >= 0.3 is 0 Å². The van der Waals surface area contributed by atoms with E-state index in [1.807, 2.05) is 60.7 Å². The van der Waals surface area contributed by atoms with Crippen LogP contribution in [0.2, 0.25) is 0 Å². The van der Waals surface area contributed by atoms with E-state index in [4.69, 9.17) is 4.74 Å². The summed E-state index contributed by atoms with van der Waals surface area (Å²) in [5, 5.41) is 11.3. The number of carbonyl (C=O) groups is 1. The van der Waals surface area contributed by atoms with Crippen LogP contribution in [0, 0.1) is 5.92 Å². The summed E-state index contributed by atoms with van der Waals surface area (Å²) in [7, 11) is 1.89. The van der Waals surface area contributed by atoms with E-state index in [0.29, 0.717) is 13.2 Å². The fourth-order valence-electron chi connectivity index (χ4n) is 3.07. The minimum atomic E-state index is 0.0172. The predicted molar refractivity (Wildman–Crippen MR) is 96.8 cm³/mol. The second kappa shape index (κ2) is 7.03. The van der Waals surface area contributed by atoms with Crippen LogP contribution in [0.3, 0.4) is 0 Å². The molecule has 7 nitrogen and oxygen atoms in total. The zero-order chi connectivity index (χ0) is 17.9. The van der Waals surface area contributed by atoms with Crippen molar-refractivity contribution < 1.29 is 9.53 Å². The first kappa shape index (κ1) is 16.4. The first-order chi connectivity index (χ1) is 12.7. The van der Waals surface area contributed by atoms with Crippen molar-refractivity contribution in [2.45, 2.75) is 18.9 Å². The van der Waals surface area contributed by atoms with Crippen LogP contribution in [0.15, 0.2) is 55.1 Å². The standard InChI is InChI=1S/C19H21N5O2/c1-23-13-14(12-21-23)17-11-18(17)19(25)22-15-4-2-5-16(10-15)26-9-8-24-7-3-6-20-24/h2-7,10,12-13,17-18H,8-9,11H2,1H3,(H,22,25). The number of carbonyl (C=O) groups excluding carboxylic acids is 1. The van der Waals surface area contributed by atoms with E-state index in [2.05, 4.69) is 15.5 Å². The summed E-state index contributed by atoms with van der Waals surface area (Å²) in [5.74, 6) is 1.07. The van der Waals surface area contributed by atoms with Crippen LogP contribution < -0.4 is 10.1 Å². The fourth-order valence-corrected chi connectivity index (χ4v) is 3.07. The van der Waals surface area contributed by atoms with Crippen molar-refractivity contribution in [3.63, 3.8) is 0 Å². The van der Waals surface area contributed by atoms with Crippen molar-refractivity contribution in [2.75, 3.05) is 11.9 Å². The highest BCUT2D eigenvalue weighted by Crippen LogP contribution is 2.47. The van der Waals surface area contributed by atoms with Crippen molar-refractivity contribution in [3.8, 4) is 5.75 Å². The van der Waals surface area contributed by atoms with Gasteiger partial charge in [-0.15, -0.1) is 0 Å². The zero-order valence-electron chi connectivity index (χ0n) is 14.6. The van der Waals surface area contributed by atoms with Crippen LogP contribution >= 0.6 is 0 Å². The van der Waals surface area contributed by atoms with Crippen molar-refractivity contribution in [1.82, 2.24) is 19.6 Å². The first-order valence-electron chi connectivity index (χ1n) is 8.69. The van der Waals surface area contributed by atoms with Gasteiger partial charge < -0.3 is 10.1 Å². The lowest BCUT2D eigenvalue weighted by atomic mass is 10.2. The van der Waals surface area contributed by atoms with Crippen LogP contribution in [0.25, 0.3) is 0 Å². The summed E-state index contributed by atoms with van der Waals surface area (Å²) in [6.07, 6.45) is 8.33. The van der Waals surface area contributed by atoms with Gasteiger partial charge in [-0.1, -0.05) is 6.07 Å². The van der Waals surface area contributed by atoms with Gasteiger partial charge in [0, 0.05) is 43.3 Å². The molecule has 1 amide bonds. The highest BCUT2D eigenvalue weighted by molar-refractivity contribution is 5.95. The second-order valence-electron chi connectivity index (χ2n) is 6.53. The monoisotopic (exact) mass is 351 g/mol. The highest BCUT2D eigenvalue weighted by Gasteiger charge is 2.44. The number of rotatable bonds is 7. The number of hydrogen-bond donors (Lipinski definition) is 1. The molecular weight excluding hydrogens is 330 g/mol. The molecule has 2 aromatic heterocycles. The lowest BCUT2D eigenvalue weighted by molar-refractivity contribution is -0.117. The molecule has 0 radical (unpaired) electrons. The minimum Gasteiger partial charge on any atom is -0.492 e. The number of aromatic nitrogens is 4. The zero-order valence-corrected chi connectivity index (χ0v) is 14.6. The largest absolute Gasteiger partial charge is 0.492 e. The Morgan fingerprint density at radius 3 is 3.04 bits per heavy atom. The Morgan fingerprint density at radius 2 is 2.27 bits per heavy atom. The summed E-state index contributed by atoms with van der Waals surface area (Å²) in [6.45, 7) is 1.20. The van der Waals surface area contributed by atoms with Gasteiger partial charge in [0.25, 0.3) is 0 Å². The van der Waals surface area contributed by atoms with Gasteiger partial charge in [-0.2, -0.15) is 10.2 Å². The Kier molecular flexibility index (Phi) is 4.43. The molecule has 0 saturated heterocycles. The second-order valence-corrected chi connectivity index (χ2v) is 6.53. The van der Waals surface area contributed by atoms with Gasteiger partial charge in [0.05, 0.1) is 12.7 Å². The third kappa shape index (κ3) is 3.77. The third-order valence-electron chi connectivity index (χ3n) is 4.53. The molecule has 3 aromatic rings. The number of nitrogens with zero attached hydrogens (tertiary/aromatic N) is 4. The lowest BCUT2D eigenvalue weighted by Crippen LogP contribution is -2.14. The highest BCUT2D eigenvalue weighted by atomic mass is 16.5. The molecule has 2 heterocycles. The van der Waals surface area contributed by atoms with Crippen molar-refractivity contribution in [1.29, 1.82) is 0 Å². The van der Waals surface area contributed by atoms with E-state index in [0.717, 1.165) is 23.4 Å². The van der Waals surface area contributed by atoms with Crippen molar-refractivity contribution >= 4 is 11.6 Å². The van der Waals surface area contributed by atoms with Gasteiger partial charge in [-0.05, 0) is 36.1 Å². The van der Waals surface area contributed by atoms with Crippen molar-refractivity contribution in [3.05, 3.63) is 60.7 Å². The molecule has 2 unspecified atom stereocenters. The first-order valence-corrected chi connectivity index (χ1v) is 8.69. The molecule has 0 aliphatic heterocycles. The third-order valence-corrected chi connectivity index (χ3v) is 4.53. The summed E-state index contributed by atoms with van der Waals surface area (Å²) in [6, 6.07) is 9.37. The summed E-state index contributed by atoms with van der Waals surface area (Å²) < 4.78 is 9.33. The van der Waals surface area contributed by atoms with Crippen LogP contribution in [0.4, 0.5) is 5.69 Å². The van der Waals surface area contributed by atoms with E-state index in [1.54, 1.807) is 10.9 Å². The molecule has 1 saturated carbocycles. The van der Waals surface area contributed by atoms with Gasteiger partial charge in [0.1, 0.15) is 12.4 Å². The predicted octanol–water partition coefficient (Wildman–Crippen LogP) is 2.44. The van der Waals surface area contributed by atoms with Crippen LogP contribution in [-0.2, 0) is 18.4 Å². The molecule has 2 atom stereocenters. The Bertz CT molecular complexity index is 887.